The molecule has 1 atom stereocenters. The number of rotatable bonds is 4. The Kier molecular flexibility index (Phi) is 6.59. The normalized spacial score (nSPS) is 13.0. The number of hydrogen-bond donors (Lipinski definition) is 2. The lowest BCUT2D eigenvalue weighted by atomic mass is 9.97. The van der Waals surface area contributed by atoms with E-state index in [2.05, 4.69) is 0 Å². The van der Waals surface area contributed by atoms with Crippen LogP contribution in [0.1, 0.15) is 30.0 Å². The van der Waals surface area contributed by atoms with Crippen LogP contribution in [0.25, 0.3) is 0 Å². The van der Waals surface area contributed by atoms with Gasteiger partial charge in [0, 0.05) is 6.04 Å². The third-order valence-electron chi connectivity index (χ3n) is 2.44. The van der Waals surface area contributed by atoms with Crippen LogP contribution in [0.2, 0.25) is 0 Å². The van der Waals surface area contributed by atoms with E-state index in [1.165, 1.54) is 0 Å². The summed E-state index contributed by atoms with van der Waals surface area (Å²) in [5, 5.41) is 0. The summed E-state index contributed by atoms with van der Waals surface area (Å²) in [4.78, 5) is 0. The van der Waals surface area contributed by atoms with Gasteiger partial charge in [-0.3, -0.25) is 0 Å². The van der Waals surface area contributed by atoms with Crippen molar-refractivity contribution in [2.45, 2.75) is 25.1 Å². The second kappa shape index (κ2) is 6.92. The van der Waals surface area contributed by atoms with Crippen molar-refractivity contribution < 1.29 is 17.6 Å². The molecule has 0 saturated carbocycles. The quantitative estimate of drug-likeness (QED) is 0.836. The maximum Gasteiger partial charge on any atom is 0.416 e. The van der Waals surface area contributed by atoms with Crippen LogP contribution in [0.3, 0.4) is 0 Å². The zero-order valence-electron chi connectivity index (χ0n) is 9.51. The fraction of sp³-hybridized carbons (Fsp3) is 0.455. The lowest BCUT2D eigenvalue weighted by Gasteiger charge is -2.18. The van der Waals surface area contributed by atoms with Crippen molar-refractivity contribution in [2.75, 3.05) is 6.54 Å². The third-order valence-corrected chi connectivity index (χ3v) is 2.44. The minimum atomic E-state index is -4.60. The molecule has 0 radical (unpaired) electrons. The largest absolute Gasteiger partial charge is 0.416 e. The number of benzene rings is 1. The van der Waals surface area contributed by atoms with Gasteiger partial charge in [-0.2, -0.15) is 13.2 Å². The maximum absolute atomic E-state index is 12.8. The fourth-order valence-corrected chi connectivity index (χ4v) is 1.59. The van der Waals surface area contributed by atoms with Crippen molar-refractivity contribution in [1.29, 1.82) is 0 Å². The minimum Gasteiger partial charge on any atom is -0.330 e. The van der Waals surface area contributed by atoms with Crippen molar-refractivity contribution in [3.63, 3.8) is 0 Å². The second-order valence-corrected chi connectivity index (χ2v) is 3.77. The van der Waals surface area contributed by atoms with E-state index >= 15 is 0 Å². The van der Waals surface area contributed by atoms with Crippen molar-refractivity contribution in [3.8, 4) is 0 Å². The van der Waals surface area contributed by atoms with Gasteiger partial charge in [-0.25, -0.2) is 4.39 Å². The molecule has 0 bridgehead atoms. The number of nitrogens with two attached hydrogens (primary N) is 2. The maximum atomic E-state index is 12.8. The van der Waals surface area contributed by atoms with E-state index in [-0.39, 0.29) is 18.0 Å². The van der Waals surface area contributed by atoms with Crippen molar-refractivity contribution in [2.24, 2.45) is 11.5 Å². The molecule has 1 aromatic carbocycles. The number of halogens is 5. The minimum absolute atomic E-state index is 0. The molecule has 0 heterocycles. The predicted octanol–water partition coefficient (Wildman–Crippen LogP) is 3.01. The van der Waals surface area contributed by atoms with Crippen LogP contribution in [-0.2, 0) is 6.18 Å². The Bertz CT molecular complexity index is 382. The molecule has 18 heavy (non-hydrogen) atoms. The van der Waals surface area contributed by atoms with Crippen LogP contribution in [0.15, 0.2) is 18.2 Å². The van der Waals surface area contributed by atoms with Gasteiger partial charge in [0.1, 0.15) is 5.82 Å². The molecule has 1 rings (SSSR count). The van der Waals surface area contributed by atoms with Gasteiger partial charge in [-0.1, -0.05) is 6.07 Å². The lowest BCUT2D eigenvalue weighted by Crippen LogP contribution is -2.18. The van der Waals surface area contributed by atoms with Crippen LogP contribution in [0, 0.1) is 5.82 Å². The van der Waals surface area contributed by atoms with E-state index in [1.807, 2.05) is 0 Å². The monoisotopic (exact) mass is 286 g/mol. The molecule has 0 aromatic heterocycles. The molecule has 7 heteroatoms. The molecule has 0 spiro atoms. The third kappa shape index (κ3) is 4.44. The zero-order valence-corrected chi connectivity index (χ0v) is 10.3. The van der Waals surface area contributed by atoms with E-state index in [4.69, 9.17) is 11.5 Å². The molecule has 4 N–H and O–H groups in total. The summed E-state index contributed by atoms with van der Waals surface area (Å²) >= 11 is 0. The average molecular weight is 287 g/mol. The topological polar surface area (TPSA) is 52.0 Å². The molecule has 0 aliphatic heterocycles. The van der Waals surface area contributed by atoms with Gasteiger partial charge >= 0.3 is 6.18 Å². The summed E-state index contributed by atoms with van der Waals surface area (Å²) in [7, 11) is 0. The molecule has 104 valence electrons. The highest BCUT2D eigenvalue weighted by molar-refractivity contribution is 5.85. The summed E-state index contributed by atoms with van der Waals surface area (Å²) in [5.41, 5.74) is 9.81. The Morgan fingerprint density at radius 3 is 2.33 bits per heavy atom. The van der Waals surface area contributed by atoms with Gasteiger partial charge in [0.05, 0.1) is 5.56 Å². The highest BCUT2D eigenvalue weighted by atomic mass is 35.5. The predicted molar refractivity (Wildman–Crippen MR) is 63.9 cm³/mol. The smallest absolute Gasteiger partial charge is 0.330 e. The van der Waals surface area contributed by atoms with E-state index in [1.54, 1.807) is 0 Å². The highest BCUT2D eigenvalue weighted by Crippen LogP contribution is 2.35. The zero-order chi connectivity index (χ0) is 13.1. The molecule has 0 aliphatic carbocycles. The standard InChI is InChI=1S/C11H14F4N2.ClH/c12-7-3-4-8(10(17)2-1-5-16)9(6-7)11(13,14)15;/h3-4,6,10H,1-2,5,16-17H2;1H/t10-;/m0./s1. The molecule has 0 unspecified atom stereocenters. The van der Waals surface area contributed by atoms with Crippen molar-refractivity contribution >= 4 is 12.4 Å². The summed E-state index contributed by atoms with van der Waals surface area (Å²) in [6.07, 6.45) is -3.74. The molecule has 2 nitrogen and oxygen atoms in total. The number of alkyl halides is 3. The van der Waals surface area contributed by atoms with Gasteiger partial charge < -0.3 is 11.5 Å². The molecular weight excluding hydrogens is 272 g/mol. The van der Waals surface area contributed by atoms with Gasteiger partial charge in [-0.05, 0) is 37.1 Å². The Labute approximate surface area is 109 Å². The van der Waals surface area contributed by atoms with Gasteiger partial charge in [-0.15, -0.1) is 12.4 Å². The summed E-state index contributed by atoms with van der Waals surface area (Å²) in [5.74, 6) is -0.924. The van der Waals surface area contributed by atoms with Gasteiger partial charge in [0.25, 0.3) is 0 Å². The van der Waals surface area contributed by atoms with Crippen LogP contribution in [-0.4, -0.2) is 6.54 Å². The average Bonchev–Trinajstić information content (AvgIpc) is 2.24. The molecule has 1 aromatic rings. The van der Waals surface area contributed by atoms with E-state index in [0.717, 1.165) is 12.1 Å². The van der Waals surface area contributed by atoms with Crippen molar-refractivity contribution in [1.82, 2.24) is 0 Å². The first-order valence-corrected chi connectivity index (χ1v) is 5.18. The molecule has 0 aliphatic rings. The van der Waals surface area contributed by atoms with Crippen molar-refractivity contribution in [3.05, 3.63) is 35.1 Å². The first-order chi connectivity index (χ1) is 7.86. The van der Waals surface area contributed by atoms with E-state index in [9.17, 15) is 17.6 Å². The molecular formula is C11H15ClF4N2. The molecule has 0 fully saturated rings. The fourth-order valence-electron chi connectivity index (χ4n) is 1.59. The Balaban J connectivity index is 0.00000289. The van der Waals surface area contributed by atoms with E-state index < -0.39 is 23.6 Å². The van der Waals surface area contributed by atoms with Gasteiger partial charge in [0.2, 0.25) is 0 Å². The molecule has 0 saturated heterocycles. The van der Waals surface area contributed by atoms with E-state index in [0.29, 0.717) is 25.5 Å². The summed E-state index contributed by atoms with van der Waals surface area (Å²) < 4.78 is 50.8. The van der Waals surface area contributed by atoms with Gasteiger partial charge in [0.15, 0.2) is 0 Å². The summed E-state index contributed by atoms with van der Waals surface area (Å²) in [6.45, 7) is 0.357. The Hall–Kier alpha value is -0.850. The second-order valence-electron chi connectivity index (χ2n) is 3.77. The lowest BCUT2D eigenvalue weighted by molar-refractivity contribution is -0.138. The first-order valence-electron chi connectivity index (χ1n) is 5.18. The van der Waals surface area contributed by atoms with Crippen LogP contribution in [0.5, 0.6) is 0 Å². The van der Waals surface area contributed by atoms with Crippen LogP contribution < -0.4 is 11.5 Å². The highest BCUT2D eigenvalue weighted by Gasteiger charge is 2.34. The Morgan fingerprint density at radius 2 is 1.83 bits per heavy atom. The SMILES string of the molecule is Cl.NCCC[C@H](N)c1ccc(F)cc1C(F)(F)F. The first kappa shape index (κ1) is 17.2. The Morgan fingerprint density at radius 1 is 1.22 bits per heavy atom. The number of hydrogen-bond acceptors (Lipinski definition) is 2. The van der Waals surface area contributed by atoms with Crippen LogP contribution in [0.4, 0.5) is 17.6 Å². The summed E-state index contributed by atoms with van der Waals surface area (Å²) in [6, 6.07) is 1.75. The van der Waals surface area contributed by atoms with Crippen LogP contribution >= 0.6 is 12.4 Å². The molecule has 0 amide bonds.